The van der Waals surface area contributed by atoms with Crippen molar-refractivity contribution < 1.29 is 43.0 Å². The predicted octanol–water partition coefficient (Wildman–Crippen LogP) is 10.4. The van der Waals surface area contributed by atoms with E-state index < -0.39 is 45.8 Å². The average molecular weight is 751 g/mol. The Kier molecular flexibility index (Phi) is 36.6. The highest BCUT2D eigenvalue weighted by Gasteiger charge is 2.26. The molecule has 0 spiro atoms. The molecule has 0 amide bonds. The first kappa shape index (κ1) is 49.6. The van der Waals surface area contributed by atoms with E-state index in [-0.39, 0.29) is 13.0 Å². The van der Waals surface area contributed by atoms with Crippen molar-refractivity contribution in [2.45, 2.75) is 142 Å². The number of esters is 1. The molecule has 3 N–H and O–H groups in total. The number of hydrogen-bond donors (Lipinski definition) is 3. The minimum absolute atomic E-state index is 0.0182. The SMILES string of the molecule is CC/C=C\C/C=C\C/C=C\C/C=C\CCCCCCC(=O)OC(COCCCCCC/C=C\C/C=C\C/C=C\CC)COP(=O)(O)OCC(O)CO. The van der Waals surface area contributed by atoms with Crippen LogP contribution in [0.1, 0.15) is 129 Å². The molecule has 0 aliphatic carbocycles. The van der Waals surface area contributed by atoms with Crippen molar-refractivity contribution in [3.8, 4) is 0 Å². The number of phosphoric acid groups is 1. The Morgan fingerprint density at radius 1 is 0.596 bits per heavy atom. The van der Waals surface area contributed by atoms with E-state index in [0.29, 0.717) is 13.0 Å². The summed E-state index contributed by atoms with van der Waals surface area (Å²) in [7, 11) is -4.53. The smallest absolute Gasteiger partial charge is 0.457 e. The van der Waals surface area contributed by atoms with Gasteiger partial charge in [0.1, 0.15) is 12.2 Å². The minimum atomic E-state index is -4.53. The fourth-order valence-corrected chi connectivity index (χ4v) is 5.44. The van der Waals surface area contributed by atoms with E-state index in [1.807, 2.05) is 0 Å². The van der Waals surface area contributed by atoms with Gasteiger partial charge in [-0.1, -0.05) is 125 Å². The molecule has 0 bridgehead atoms. The number of hydrogen-bond acceptors (Lipinski definition) is 8. The molecule has 10 heteroatoms. The Morgan fingerprint density at radius 3 is 1.54 bits per heavy atom. The molecule has 52 heavy (non-hydrogen) atoms. The Labute approximate surface area is 315 Å². The molecule has 0 aromatic heterocycles. The van der Waals surface area contributed by atoms with Crippen LogP contribution < -0.4 is 0 Å². The third-order valence-electron chi connectivity index (χ3n) is 7.58. The van der Waals surface area contributed by atoms with Crippen LogP contribution in [0.4, 0.5) is 0 Å². The third-order valence-corrected chi connectivity index (χ3v) is 8.53. The van der Waals surface area contributed by atoms with Gasteiger partial charge in [0, 0.05) is 13.0 Å². The zero-order valence-electron chi connectivity index (χ0n) is 32.2. The zero-order chi connectivity index (χ0) is 38.2. The van der Waals surface area contributed by atoms with Crippen LogP contribution in [-0.2, 0) is 27.9 Å². The molecule has 3 unspecified atom stereocenters. The lowest BCUT2D eigenvalue weighted by atomic mass is 10.1. The van der Waals surface area contributed by atoms with Gasteiger partial charge in [0.15, 0.2) is 0 Å². The number of aliphatic hydroxyl groups is 2. The second-order valence-electron chi connectivity index (χ2n) is 12.5. The number of unbranched alkanes of at least 4 members (excludes halogenated alkanes) is 8. The predicted molar refractivity (Wildman–Crippen MR) is 214 cm³/mol. The quantitative estimate of drug-likeness (QED) is 0.0248. The summed E-state index contributed by atoms with van der Waals surface area (Å²) in [5.41, 5.74) is 0. The van der Waals surface area contributed by atoms with Crippen LogP contribution in [0.5, 0.6) is 0 Å². The number of carbonyl (C=O) groups excluding carboxylic acids is 1. The van der Waals surface area contributed by atoms with E-state index in [4.69, 9.17) is 23.6 Å². The summed E-state index contributed by atoms with van der Waals surface area (Å²) in [5.74, 6) is -0.419. The van der Waals surface area contributed by atoms with Crippen molar-refractivity contribution >= 4 is 13.8 Å². The fourth-order valence-electron chi connectivity index (χ4n) is 4.65. The lowest BCUT2D eigenvalue weighted by Gasteiger charge is -2.20. The van der Waals surface area contributed by atoms with Gasteiger partial charge < -0.3 is 24.6 Å². The first-order valence-corrected chi connectivity index (χ1v) is 21.1. The molecule has 298 valence electrons. The molecule has 0 radical (unpaired) electrons. The first-order valence-electron chi connectivity index (χ1n) is 19.6. The van der Waals surface area contributed by atoms with E-state index in [1.165, 1.54) is 0 Å². The summed E-state index contributed by atoms with van der Waals surface area (Å²) < 4.78 is 33.2. The number of aliphatic hydroxyl groups excluding tert-OH is 2. The van der Waals surface area contributed by atoms with Crippen LogP contribution in [0.25, 0.3) is 0 Å². The van der Waals surface area contributed by atoms with Crippen molar-refractivity contribution in [1.29, 1.82) is 0 Å². The van der Waals surface area contributed by atoms with Gasteiger partial charge in [-0.2, -0.15) is 0 Å². The van der Waals surface area contributed by atoms with E-state index in [1.54, 1.807) is 0 Å². The first-order chi connectivity index (χ1) is 25.3. The number of allylic oxidation sites excluding steroid dienone is 14. The summed E-state index contributed by atoms with van der Waals surface area (Å²) in [4.78, 5) is 22.5. The standard InChI is InChI=1S/C42H71O9P/c1-3-5-7-9-11-13-15-17-19-20-21-22-24-26-28-30-32-34-42(45)51-41(39-50-52(46,47)49-37-40(44)36-43)38-48-35-33-31-29-27-25-23-18-16-14-12-10-8-6-4-2/h5-8,11-14,17-19,21-23,40-41,43-44H,3-4,9-10,15-16,20,24-39H2,1-2H3,(H,46,47)/b7-5-,8-6-,13-11-,14-12-,19-17-,22-21-,23-18-. The number of ether oxygens (including phenoxy) is 2. The van der Waals surface area contributed by atoms with Crippen molar-refractivity contribution in [1.82, 2.24) is 0 Å². The monoisotopic (exact) mass is 750 g/mol. The summed E-state index contributed by atoms with van der Waals surface area (Å²) in [5, 5.41) is 18.3. The molecule has 0 saturated carbocycles. The number of rotatable bonds is 36. The lowest BCUT2D eigenvalue weighted by Crippen LogP contribution is -2.29. The van der Waals surface area contributed by atoms with E-state index in [0.717, 1.165) is 103 Å². The summed E-state index contributed by atoms with van der Waals surface area (Å²) >= 11 is 0. The van der Waals surface area contributed by atoms with Crippen LogP contribution in [0.15, 0.2) is 85.1 Å². The second kappa shape index (κ2) is 38.4. The Hall–Kier alpha value is -2.36. The molecule has 0 aliphatic heterocycles. The van der Waals surface area contributed by atoms with Gasteiger partial charge in [-0.05, 0) is 83.5 Å². The molecule has 0 aromatic rings. The van der Waals surface area contributed by atoms with Crippen LogP contribution in [0, 0.1) is 0 Å². The third kappa shape index (κ3) is 37.4. The van der Waals surface area contributed by atoms with Crippen molar-refractivity contribution in [2.24, 2.45) is 0 Å². The average Bonchev–Trinajstić information content (AvgIpc) is 3.13. The maximum atomic E-state index is 12.6. The zero-order valence-corrected chi connectivity index (χ0v) is 33.1. The van der Waals surface area contributed by atoms with Crippen LogP contribution in [-0.4, -0.2) is 66.3 Å². The molecule has 0 rings (SSSR count). The molecule has 9 nitrogen and oxygen atoms in total. The van der Waals surface area contributed by atoms with Gasteiger partial charge in [-0.15, -0.1) is 0 Å². The fraction of sp³-hybridized carbons (Fsp3) is 0.643. The topological polar surface area (TPSA) is 132 Å². The summed E-state index contributed by atoms with van der Waals surface area (Å²) in [6.07, 6.45) is 45.4. The van der Waals surface area contributed by atoms with Gasteiger partial charge in [0.05, 0.1) is 26.4 Å². The molecule has 0 aromatic carbocycles. The molecule has 0 saturated heterocycles. The van der Waals surface area contributed by atoms with Gasteiger partial charge in [0.25, 0.3) is 0 Å². The van der Waals surface area contributed by atoms with Crippen molar-refractivity contribution in [3.63, 3.8) is 0 Å². The Morgan fingerprint density at radius 2 is 1.04 bits per heavy atom. The summed E-state index contributed by atoms with van der Waals surface area (Å²) in [6.45, 7) is 3.16. The maximum absolute atomic E-state index is 12.6. The molecular weight excluding hydrogens is 679 g/mol. The van der Waals surface area contributed by atoms with E-state index >= 15 is 0 Å². The van der Waals surface area contributed by atoms with Crippen LogP contribution in [0.2, 0.25) is 0 Å². The Balaban J connectivity index is 4.34. The van der Waals surface area contributed by atoms with Gasteiger partial charge in [0.2, 0.25) is 0 Å². The van der Waals surface area contributed by atoms with Crippen LogP contribution in [0.3, 0.4) is 0 Å². The van der Waals surface area contributed by atoms with Crippen molar-refractivity contribution in [2.75, 3.05) is 33.0 Å². The summed E-state index contributed by atoms with van der Waals surface area (Å²) in [6, 6.07) is 0. The highest BCUT2D eigenvalue weighted by atomic mass is 31.2. The van der Waals surface area contributed by atoms with Gasteiger partial charge >= 0.3 is 13.8 Å². The molecular formula is C42H71O9P. The molecule has 0 heterocycles. The van der Waals surface area contributed by atoms with Crippen molar-refractivity contribution in [3.05, 3.63) is 85.1 Å². The maximum Gasteiger partial charge on any atom is 0.472 e. The molecule has 0 fully saturated rings. The number of carbonyl (C=O) groups is 1. The van der Waals surface area contributed by atoms with Gasteiger partial charge in [-0.25, -0.2) is 4.57 Å². The number of phosphoric ester groups is 1. The highest BCUT2D eigenvalue weighted by Crippen LogP contribution is 2.43. The van der Waals surface area contributed by atoms with Crippen LogP contribution >= 0.6 is 7.82 Å². The largest absolute Gasteiger partial charge is 0.472 e. The normalized spacial score (nSPS) is 15.1. The molecule has 0 aliphatic rings. The lowest BCUT2D eigenvalue weighted by molar-refractivity contribution is -0.154. The highest BCUT2D eigenvalue weighted by molar-refractivity contribution is 7.47. The Bertz CT molecular complexity index is 1080. The second-order valence-corrected chi connectivity index (χ2v) is 14.0. The minimum Gasteiger partial charge on any atom is -0.457 e. The van der Waals surface area contributed by atoms with E-state index in [2.05, 4.69) is 98.9 Å². The molecule has 3 atom stereocenters. The van der Waals surface area contributed by atoms with Gasteiger partial charge in [-0.3, -0.25) is 13.8 Å². The van der Waals surface area contributed by atoms with E-state index in [9.17, 15) is 19.4 Å².